The van der Waals surface area contributed by atoms with Gasteiger partial charge in [0, 0.05) is 25.7 Å². The van der Waals surface area contributed by atoms with Gasteiger partial charge < -0.3 is 0 Å². The maximum atomic E-state index is 10.9. The van der Waals surface area contributed by atoms with Gasteiger partial charge >= 0.3 is 0 Å². The highest BCUT2D eigenvalue weighted by atomic mass is 16.6. The summed E-state index contributed by atoms with van der Waals surface area (Å²) in [6, 6.07) is 6.86. The van der Waals surface area contributed by atoms with E-state index in [1.807, 2.05) is 18.2 Å². The van der Waals surface area contributed by atoms with Gasteiger partial charge in [0.15, 0.2) is 0 Å². The van der Waals surface area contributed by atoms with Crippen LogP contribution in [0.2, 0.25) is 0 Å². The van der Waals surface area contributed by atoms with Gasteiger partial charge in [-0.3, -0.25) is 15.0 Å². The SMILES string of the molecule is C[C@@H]1C[C@@H](C)CN(C/C=C/c2ccccc2[N+](=O)[O-])C1. The van der Waals surface area contributed by atoms with Gasteiger partial charge in [-0.2, -0.15) is 0 Å². The minimum atomic E-state index is -0.329. The van der Waals surface area contributed by atoms with Gasteiger partial charge in [0.2, 0.25) is 0 Å². The summed E-state index contributed by atoms with van der Waals surface area (Å²) in [5, 5.41) is 10.9. The largest absolute Gasteiger partial charge is 0.299 e. The molecule has 4 nitrogen and oxygen atoms in total. The van der Waals surface area contributed by atoms with Crippen LogP contribution in [0.15, 0.2) is 30.3 Å². The first-order valence-electron chi connectivity index (χ1n) is 7.18. The molecule has 0 aromatic heterocycles. The Morgan fingerprint density at radius 3 is 2.60 bits per heavy atom. The first-order chi connectivity index (χ1) is 9.56. The number of hydrogen-bond acceptors (Lipinski definition) is 3. The Bertz CT molecular complexity index is 489. The molecule has 108 valence electrons. The lowest BCUT2D eigenvalue weighted by atomic mass is 9.92. The van der Waals surface area contributed by atoms with Crippen molar-refractivity contribution >= 4 is 11.8 Å². The average Bonchev–Trinajstić information content (AvgIpc) is 2.38. The molecule has 1 fully saturated rings. The van der Waals surface area contributed by atoms with Crippen LogP contribution in [-0.4, -0.2) is 29.5 Å². The van der Waals surface area contributed by atoms with Crippen molar-refractivity contribution in [2.45, 2.75) is 20.3 Å². The van der Waals surface area contributed by atoms with Crippen LogP contribution in [0.1, 0.15) is 25.8 Å². The molecule has 1 aromatic carbocycles. The Hall–Kier alpha value is -1.68. The molecule has 0 radical (unpaired) electrons. The second-order valence-electron chi connectivity index (χ2n) is 5.88. The molecule has 1 aliphatic rings. The number of benzene rings is 1. The van der Waals surface area contributed by atoms with Gasteiger partial charge in [0.1, 0.15) is 0 Å². The van der Waals surface area contributed by atoms with Crippen molar-refractivity contribution in [1.82, 2.24) is 4.90 Å². The van der Waals surface area contributed by atoms with Crippen molar-refractivity contribution in [2.75, 3.05) is 19.6 Å². The van der Waals surface area contributed by atoms with E-state index in [1.54, 1.807) is 18.2 Å². The highest BCUT2D eigenvalue weighted by Gasteiger charge is 2.20. The molecular formula is C16H22N2O2. The third-order valence-electron chi connectivity index (χ3n) is 3.74. The second-order valence-corrected chi connectivity index (χ2v) is 5.88. The molecule has 1 aliphatic heterocycles. The highest BCUT2D eigenvalue weighted by molar-refractivity contribution is 5.60. The van der Waals surface area contributed by atoms with Gasteiger partial charge in [0.25, 0.3) is 5.69 Å². The molecule has 0 aliphatic carbocycles. The molecule has 1 saturated heterocycles. The van der Waals surface area contributed by atoms with E-state index in [0.717, 1.165) is 31.5 Å². The molecule has 1 aromatic rings. The summed E-state index contributed by atoms with van der Waals surface area (Å²) in [4.78, 5) is 13.0. The molecular weight excluding hydrogens is 252 g/mol. The zero-order valence-electron chi connectivity index (χ0n) is 12.2. The lowest BCUT2D eigenvalue weighted by Gasteiger charge is -2.34. The maximum Gasteiger partial charge on any atom is 0.276 e. The molecule has 2 rings (SSSR count). The molecule has 0 N–H and O–H groups in total. The minimum absolute atomic E-state index is 0.170. The number of likely N-dealkylation sites (tertiary alicyclic amines) is 1. The Labute approximate surface area is 120 Å². The van der Waals surface area contributed by atoms with Crippen LogP contribution in [0.3, 0.4) is 0 Å². The van der Waals surface area contributed by atoms with E-state index in [4.69, 9.17) is 0 Å². The molecule has 0 bridgehead atoms. The van der Waals surface area contributed by atoms with Gasteiger partial charge in [-0.25, -0.2) is 0 Å². The number of nitrogens with zero attached hydrogens (tertiary/aromatic N) is 2. The number of hydrogen-bond donors (Lipinski definition) is 0. The van der Waals surface area contributed by atoms with Gasteiger partial charge in [-0.1, -0.05) is 38.1 Å². The minimum Gasteiger partial charge on any atom is -0.299 e. The summed E-state index contributed by atoms with van der Waals surface area (Å²) >= 11 is 0. The monoisotopic (exact) mass is 274 g/mol. The van der Waals surface area contributed by atoms with Crippen molar-refractivity contribution < 1.29 is 4.92 Å². The van der Waals surface area contributed by atoms with Crippen LogP contribution in [0.5, 0.6) is 0 Å². The van der Waals surface area contributed by atoms with E-state index in [9.17, 15) is 10.1 Å². The summed E-state index contributed by atoms with van der Waals surface area (Å²) in [5.41, 5.74) is 0.847. The quantitative estimate of drug-likeness (QED) is 0.622. The summed E-state index contributed by atoms with van der Waals surface area (Å²) in [5.74, 6) is 1.47. The van der Waals surface area contributed by atoms with E-state index in [2.05, 4.69) is 18.7 Å². The van der Waals surface area contributed by atoms with Crippen molar-refractivity contribution in [3.63, 3.8) is 0 Å². The van der Waals surface area contributed by atoms with Gasteiger partial charge in [-0.05, 0) is 24.3 Å². The Morgan fingerprint density at radius 1 is 1.30 bits per heavy atom. The normalized spacial score (nSPS) is 24.1. The molecule has 20 heavy (non-hydrogen) atoms. The predicted octanol–water partition coefficient (Wildman–Crippen LogP) is 3.59. The standard InChI is InChI=1S/C16H22N2O2/c1-13-10-14(2)12-17(11-13)9-5-7-15-6-3-4-8-16(15)18(19)20/h3-8,13-14H,9-12H2,1-2H3/b7-5+/t13-,14-/m1/s1. The first-order valence-corrected chi connectivity index (χ1v) is 7.18. The van der Waals surface area contributed by atoms with Crippen LogP contribution in [0, 0.1) is 22.0 Å². The number of piperidine rings is 1. The number of nitro benzene ring substituents is 1. The third kappa shape index (κ3) is 3.90. The fourth-order valence-electron chi connectivity index (χ4n) is 3.06. The van der Waals surface area contributed by atoms with Crippen LogP contribution in [-0.2, 0) is 0 Å². The number of rotatable bonds is 4. The first kappa shape index (κ1) is 14.7. The Kier molecular flexibility index (Phi) is 4.90. The maximum absolute atomic E-state index is 10.9. The zero-order valence-corrected chi connectivity index (χ0v) is 12.2. The van der Waals surface area contributed by atoms with E-state index < -0.39 is 0 Å². The molecule has 0 unspecified atom stereocenters. The lowest BCUT2D eigenvalue weighted by molar-refractivity contribution is -0.385. The molecule has 4 heteroatoms. The van der Waals surface area contributed by atoms with Gasteiger partial charge in [-0.15, -0.1) is 0 Å². The summed E-state index contributed by atoms with van der Waals surface area (Å²) in [6.07, 6.45) is 5.19. The van der Waals surface area contributed by atoms with E-state index in [-0.39, 0.29) is 10.6 Å². The third-order valence-corrected chi connectivity index (χ3v) is 3.74. The van der Waals surface area contributed by atoms with Crippen LogP contribution in [0.25, 0.3) is 6.08 Å². The van der Waals surface area contributed by atoms with Crippen molar-refractivity contribution in [3.8, 4) is 0 Å². The van der Waals surface area contributed by atoms with Crippen molar-refractivity contribution in [3.05, 3.63) is 46.0 Å². The molecule has 1 heterocycles. The van der Waals surface area contributed by atoms with Crippen LogP contribution in [0.4, 0.5) is 5.69 Å². The topological polar surface area (TPSA) is 46.4 Å². The van der Waals surface area contributed by atoms with Crippen LogP contribution >= 0.6 is 0 Å². The Balaban J connectivity index is 1.98. The number of para-hydroxylation sites is 1. The highest BCUT2D eigenvalue weighted by Crippen LogP contribution is 2.22. The van der Waals surface area contributed by atoms with E-state index in [1.165, 1.54) is 6.42 Å². The lowest BCUT2D eigenvalue weighted by Crippen LogP contribution is -2.38. The molecule has 0 spiro atoms. The van der Waals surface area contributed by atoms with Gasteiger partial charge in [0.05, 0.1) is 10.5 Å². The average molecular weight is 274 g/mol. The summed E-state index contributed by atoms with van der Waals surface area (Å²) in [7, 11) is 0. The summed E-state index contributed by atoms with van der Waals surface area (Å²) in [6.45, 7) is 7.67. The second kappa shape index (κ2) is 6.66. The fraction of sp³-hybridized carbons (Fsp3) is 0.500. The predicted molar refractivity (Wildman–Crippen MR) is 81.5 cm³/mol. The van der Waals surface area contributed by atoms with E-state index in [0.29, 0.717) is 5.56 Å². The van der Waals surface area contributed by atoms with E-state index >= 15 is 0 Å². The molecule has 0 amide bonds. The molecule has 0 saturated carbocycles. The van der Waals surface area contributed by atoms with Crippen LogP contribution < -0.4 is 0 Å². The molecule has 2 atom stereocenters. The summed E-state index contributed by atoms with van der Waals surface area (Å²) < 4.78 is 0. The smallest absolute Gasteiger partial charge is 0.276 e. The van der Waals surface area contributed by atoms with Crippen molar-refractivity contribution in [2.24, 2.45) is 11.8 Å². The Morgan fingerprint density at radius 2 is 1.95 bits per heavy atom. The number of nitro groups is 1. The zero-order chi connectivity index (χ0) is 14.5. The fourth-order valence-corrected chi connectivity index (χ4v) is 3.06. The van der Waals surface area contributed by atoms with Crippen molar-refractivity contribution in [1.29, 1.82) is 0 Å².